The van der Waals surface area contributed by atoms with Crippen molar-refractivity contribution in [1.29, 1.82) is 0 Å². The lowest BCUT2D eigenvalue weighted by Crippen LogP contribution is -2.23. The molecule has 0 unspecified atom stereocenters. The summed E-state index contributed by atoms with van der Waals surface area (Å²) in [4.78, 5) is 14.4. The van der Waals surface area contributed by atoms with E-state index in [4.69, 9.17) is 10.2 Å². The molecule has 1 amide bonds. The standard InChI is InChI=1S/C16H19N9O3/c1-10(7-11-5-4-6-27-11)8-18-20-16(26)13-12(9-24(2)3)25(23-19-13)15-14(17)21-28-22-15/h4-8H,9H2,1-3H3,(H2,17,21)(H,20,26). The Labute approximate surface area is 159 Å². The van der Waals surface area contributed by atoms with Crippen LogP contribution in [-0.2, 0) is 6.54 Å². The van der Waals surface area contributed by atoms with Crippen LogP contribution in [0.1, 0.15) is 28.9 Å². The number of carbonyl (C=O) groups excluding carboxylic acids is 1. The van der Waals surface area contributed by atoms with Crippen molar-refractivity contribution in [2.24, 2.45) is 5.10 Å². The molecule has 146 valence electrons. The number of nitrogens with two attached hydrogens (primary N) is 1. The number of nitrogens with one attached hydrogen (secondary N) is 1. The highest BCUT2D eigenvalue weighted by Crippen LogP contribution is 2.16. The number of anilines is 1. The van der Waals surface area contributed by atoms with Crippen LogP contribution in [0.15, 0.2) is 38.1 Å². The molecule has 12 nitrogen and oxygen atoms in total. The van der Waals surface area contributed by atoms with Crippen LogP contribution < -0.4 is 11.2 Å². The van der Waals surface area contributed by atoms with Crippen molar-refractivity contribution in [2.75, 3.05) is 19.8 Å². The molecule has 3 aromatic rings. The highest BCUT2D eigenvalue weighted by molar-refractivity contribution is 5.94. The molecular formula is C16H19N9O3. The molecule has 3 heterocycles. The Balaban J connectivity index is 1.78. The van der Waals surface area contributed by atoms with E-state index in [2.05, 4.69) is 35.8 Å². The van der Waals surface area contributed by atoms with Gasteiger partial charge in [-0.05, 0) is 55.1 Å². The maximum Gasteiger partial charge on any atom is 0.293 e. The van der Waals surface area contributed by atoms with Gasteiger partial charge in [-0.2, -0.15) is 9.78 Å². The molecule has 0 saturated heterocycles. The molecule has 0 aromatic carbocycles. The molecule has 0 fully saturated rings. The summed E-state index contributed by atoms with van der Waals surface area (Å²) in [6, 6.07) is 3.59. The summed E-state index contributed by atoms with van der Waals surface area (Å²) in [5.41, 5.74) is 9.48. The largest absolute Gasteiger partial charge is 0.465 e. The summed E-state index contributed by atoms with van der Waals surface area (Å²) in [7, 11) is 3.68. The molecule has 0 aliphatic carbocycles. The van der Waals surface area contributed by atoms with E-state index in [9.17, 15) is 4.79 Å². The van der Waals surface area contributed by atoms with Crippen LogP contribution in [0.3, 0.4) is 0 Å². The quantitative estimate of drug-likeness (QED) is 0.442. The Bertz CT molecular complexity index is 999. The average Bonchev–Trinajstić information content (AvgIpc) is 3.36. The third-order valence-corrected chi connectivity index (χ3v) is 3.49. The lowest BCUT2D eigenvalue weighted by atomic mass is 10.3. The zero-order valence-corrected chi connectivity index (χ0v) is 15.5. The maximum atomic E-state index is 12.5. The Morgan fingerprint density at radius 1 is 1.43 bits per heavy atom. The van der Waals surface area contributed by atoms with E-state index in [0.717, 1.165) is 5.57 Å². The van der Waals surface area contributed by atoms with E-state index in [1.54, 1.807) is 18.4 Å². The Kier molecular flexibility index (Phi) is 5.60. The first-order chi connectivity index (χ1) is 13.5. The van der Waals surface area contributed by atoms with Crippen LogP contribution in [0.2, 0.25) is 0 Å². The van der Waals surface area contributed by atoms with E-state index < -0.39 is 5.91 Å². The number of hydrogen-bond donors (Lipinski definition) is 2. The van der Waals surface area contributed by atoms with Crippen LogP contribution in [0, 0.1) is 0 Å². The van der Waals surface area contributed by atoms with Gasteiger partial charge in [0.1, 0.15) is 5.76 Å². The Morgan fingerprint density at radius 2 is 2.25 bits per heavy atom. The van der Waals surface area contributed by atoms with Gasteiger partial charge in [0.05, 0.1) is 18.2 Å². The van der Waals surface area contributed by atoms with Crippen molar-refractivity contribution >= 4 is 24.0 Å². The van der Waals surface area contributed by atoms with Crippen molar-refractivity contribution in [3.63, 3.8) is 0 Å². The molecular weight excluding hydrogens is 366 g/mol. The average molecular weight is 385 g/mol. The van der Waals surface area contributed by atoms with Gasteiger partial charge in [-0.1, -0.05) is 5.21 Å². The Morgan fingerprint density at radius 3 is 2.89 bits per heavy atom. The number of carbonyl (C=O) groups is 1. The van der Waals surface area contributed by atoms with Gasteiger partial charge in [0, 0.05) is 6.54 Å². The summed E-state index contributed by atoms with van der Waals surface area (Å²) in [6.07, 6.45) is 4.85. The van der Waals surface area contributed by atoms with E-state index in [1.807, 2.05) is 32.0 Å². The van der Waals surface area contributed by atoms with Crippen LogP contribution in [0.4, 0.5) is 5.82 Å². The number of amides is 1. The summed E-state index contributed by atoms with van der Waals surface area (Å²) in [5, 5.41) is 19.0. The number of nitrogen functional groups attached to an aromatic ring is 1. The summed E-state index contributed by atoms with van der Waals surface area (Å²) in [6.45, 7) is 2.18. The normalized spacial score (nSPS) is 12.2. The second-order valence-electron chi connectivity index (χ2n) is 6.11. The van der Waals surface area contributed by atoms with Gasteiger partial charge in [0.15, 0.2) is 5.69 Å². The van der Waals surface area contributed by atoms with Crippen LogP contribution in [0.5, 0.6) is 0 Å². The fourth-order valence-electron chi connectivity index (χ4n) is 2.31. The second-order valence-corrected chi connectivity index (χ2v) is 6.11. The lowest BCUT2D eigenvalue weighted by molar-refractivity contribution is 0.0948. The predicted octanol–water partition coefficient (Wildman–Crippen LogP) is 0.706. The van der Waals surface area contributed by atoms with E-state index in [0.29, 0.717) is 18.0 Å². The number of nitrogens with zero attached hydrogens (tertiary/aromatic N) is 7. The van der Waals surface area contributed by atoms with Crippen LogP contribution >= 0.6 is 0 Å². The topological polar surface area (TPSA) is 153 Å². The number of furan rings is 1. The van der Waals surface area contributed by atoms with E-state index in [1.165, 1.54) is 10.9 Å². The number of hydrazone groups is 1. The fraction of sp³-hybridized carbons (Fsp3) is 0.250. The van der Waals surface area contributed by atoms with Gasteiger partial charge < -0.3 is 15.1 Å². The minimum Gasteiger partial charge on any atom is -0.465 e. The third-order valence-electron chi connectivity index (χ3n) is 3.49. The molecule has 0 aliphatic rings. The van der Waals surface area contributed by atoms with Crippen LogP contribution in [-0.4, -0.2) is 56.4 Å². The van der Waals surface area contributed by atoms with Crippen molar-refractivity contribution < 1.29 is 13.8 Å². The monoisotopic (exact) mass is 385 g/mol. The van der Waals surface area contributed by atoms with Gasteiger partial charge in [-0.15, -0.1) is 5.10 Å². The van der Waals surface area contributed by atoms with Gasteiger partial charge in [0.2, 0.25) is 11.6 Å². The Hall–Kier alpha value is -3.80. The first-order valence-electron chi connectivity index (χ1n) is 8.18. The van der Waals surface area contributed by atoms with Gasteiger partial charge in [-0.3, -0.25) is 4.79 Å². The lowest BCUT2D eigenvalue weighted by Gasteiger charge is -2.11. The van der Waals surface area contributed by atoms with Crippen molar-refractivity contribution in [3.8, 4) is 5.82 Å². The first kappa shape index (κ1) is 19.0. The molecule has 12 heteroatoms. The number of aromatic nitrogens is 5. The zero-order valence-electron chi connectivity index (χ0n) is 15.5. The highest BCUT2D eigenvalue weighted by Gasteiger charge is 2.24. The van der Waals surface area contributed by atoms with E-state index >= 15 is 0 Å². The first-order valence-corrected chi connectivity index (χ1v) is 8.18. The van der Waals surface area contributed by atoms with Gasteiger partial charge in [-0.25, -0.2) is 10.1 Å². The molecule has 3 rings (SSSR count). The third kappa shape index (κ3) is 4.29. The minimum atomic E-state index is -0.528. The molecule has 28 heavy (non-hydrogen) atoms. The molecule has 3 aromatic heterocycles. The second kappa shape index (κ2) is 8.26. The van der Waals surface area contributed by atoms with Crippen molar-refractivity contribution in [1.82, 2.24) is 35.6 Å². The summed E-state index contributed by atoms with van der Waals surface area (Å²) >= 11 is 0. The van der Waals surface area contributed by atoms with Crippen molar-refractivity contribution in [2.45, 2.75) is 13.5 Å². The number of rotatable bonds is 7. The number of allylic oxidation sites excluding steroid dienone is 1. The van der Waals surface area contributed by atoms with Crippen LogP contribution in [0.25, 0.3) is 11.9 Å². The molecule has 0 spiro atoms. The molecule has 0 saturated carbocycles. The molecule has 3 N–H and O–H groups in total. The maximum absolute atomic E-state index is 12.5. The molecule has 0 radical (unpaired) electrons. The molecule has 0 atom stereocenters. The zero-order chi connectivity index (χ0) is 20.1. The van der Waals surface area contributed by atoms with Gasteiger partial charge in [0.25, 0.3) is 5.91 Å². The predicted molar refractivity (Wildman–Crippen MR) is 99.3 cm³/mol. The SMILES string of the molecule is CC(C=NNC(=O)c1nnn(-c2nonc2N)c1CN(C)C)=Cc1ccco1. The molecule has 0 aliphatic heterocycles. The van der Waals surface area contributed by atoms with Crippen molar-refractivity contribution in [3.05, 3.63) is 41.1 Å². The number of hydrogen-bond acceptors (Lipinski definition) is 10. The highest BCUT2D eigenvalue weighted by atomic mass is 16.6. The minimum absolute atomic E-state index is 0.0357. The summed E-state index contributed by atoms with van der Waals surface area (Å²) < 4.78 is 11.1. The van der Waals surface area contributed by atoms with E-state index in [-0.39, 0.29) is 17.3 Å². The fourth-order valence-corrected chi connectivity index (χ4v) is 2.31. The van der Waals surface area contributed by atoms with Gasteiger partial charge >= 0.3 is 0 Å². The smallest absolute Gasteiger partial charge is 0.293 e. The summed E-state index contributed by atoms with van der Waals surface area (Å²) in [5.74, 6) is 0.350. The molecule has 0 bridgehead atoms.